The molecule has 4 heteroatoms. The molecule has 0 bridgehead atoms. The second kappa shape index (κ2) is 8.11. The summed E-state index contributed by atoms with van der Waals surface area (Å²) in [5.41, 5.74) is 3.10. The van der Waals surface area contributed by atoms with Gasteiger partial charge in [0, 0.05) is 28.6 Å². The van der Waals surface area contributed by atoms with Crippen molar-refractivity contribution in [2.45, 2.75) is 19.1 Å². The number of rotatable bonds is 6. The fraction of sp³-hybridized carbons (Fsp3) is 0.235. The third-order valence-electron chi connectivity index (χ3n) is 3.06. The van der Waals surface area contributed by atoms with E-state index in [0.717, 1.165) is 22.8 Å². The summed E-state index contributed by atoms with van der Waals surface area (Å²) in [5.74, 6) is 1.77. The highest BCUT2D eigenvalue weighted by molar-refractivity contribution is 7.98. The first-order valence-corrected chi connectivity index (χ1v) is 8.36. The van der Waals surface area contributed by atoms with Crippen LogP contribution in [0.5, 0.6) is 0 Å². The largest absolute Gasteiger partial charge is 0.326 e. The lowest BCUT2D eigenvalue weighted by atomic mass is 10.2. The summed E-state index contributed by atoms with van der Waals surface area (Å²) in [5, 5.41) is 3.55. The van der Waals surface area contributed by atoms with E-state index in [4.69, 9.17) is 11.6 Å². The van der Waals surface area contributed by atoms with Crippen LogP contribution in [0.15, 0.2) is 48.5 Å². The van der Waals surface area contributed by atoms with Crippen molar-refractivity contribution < 1.29 is 4.79 Å². The summed E-state index contributed by atoms with van der Waals surface area (Å²) in [7, 11) is 0. The maximum atomic E-state index is 11.9. The number of thioether (sulfide) groups is 1. The summed E-state index contributed by atoms with van der Waals surface area (Å²) in [4.78, 5) is 11.9. The Hall–Kier alpha value is -1.45. The first kappa shape index (κ1) is 15.9. The lowest BCUT2D eigenvalue weighted by Gasteiger charge is -2.08. The lowest BCUT2D eigenvalue weighted by Crippen LogP contribution is -2.13. The minimum atomic E-state index is 0.0286. The Morgan fingerprint density at radius 3 is 2.71 bits per heavy atom. The van der Waals surface area contributed by atoms with Crippen molar-refractivity contribution in [3.05, 3.63) is 64.7 Å². The minimum absolute atomic E-state index is 0.0286. The number of amides is 1. The summed E-state index contributed by atoms with van der Waals surface area (Å²) in [6, 6.07) is 15.8. The van der Waals surface area contributed by atoms with Crippen LogP contribution in [0.2, 0.25) is 5.02 Å². The monoisotopic (exact) mass is 319 g/mol. The van der Waals surface area contributed by atoms with Gasteiger partial charge in [-0.15, -0.1) is 0 Å². The van der Waals surface area contributed by atoms with Crippen molar-refractivity contribution in [1.82, 2.24) is 0 Å². The van der Waals surface area contributed by atoms with E-state index >= 15 is 0 Å². The Labute approximate surface area is 134 Å². The molecule has 0 aromatic heterocycles. The Morgan fingerprint density at radius 1 is 1.19 bits per heavy atom. The quantitative estimate of drug-likeness (QED) is 0.766. The number of hydrogen-bond acceptors (Lipinski definition) is 2. The molecular formula is C17H18ClNOS. The maximum Gasteiger partial charge on any atom is 0.225 e. The summed E-state index contributed by atoms with van der Waals surface area (Å²) >= 11 is 7.71. The highest BCUT2D eigenvalue weighted by Crippen LogP contribution is 2.20. The van der Waals surface area contributed by atoms with E-state index in [1.54, 1.807) is 17.8 Å². The first-order valence-electron chi connectivity index (χ1n) is 6.83. The zero-order valence-corrected chi connectivity index (χ0v) is 13.5. The first-order chi connectivity index (χ1) is 10.1. The number of hydrogen-bond donors (Lipinski definition) is 1. The standard InChI is InChI=1S/C17H18ClNOS/c1-13-7-8-15(18)11-16(13)19-17(20)9-10-21-12-14-5-3-2-4-6-14/h2-8,11H,9-10,12H2,1H3,(H,19,20). The van der Waals surface area contributed by atoms with Gasteiger partial charge in [0.15, 0.2) is 0 Å². The van der Waals surface area contributed by atoms with Gasteiger partial charge in [0.05, 0.1) is 0 Å². The second-order valence-electron chi connectivity index (χ2n) is 4.80. The van der Waals surface area contributed by atoms with Crippen molar-refractivity contribution in [2.75, 3.05) is 11.1 Å². The molecule has 1 amide bonds. The Morgan fingerprint density at radius 2 is 1.95 bits per heavy atom. The van der Waals surface area contributed by atoms with Gasteiger partial charge in [-0.25, -0.2) is 0 Å². The zero-order chi connectivity index (χ0) is 15.1. The topological polar surface area (TPSA) is 29.1 Å². The molecule has 0 aliphatic rings. The van der Waals surface area contributed by atoms with Crippen molar-refractivity contribution in [2.24, 2.45) is 0 Å². The molecule has 0 aliphatic carbocycles. The van der Waals surface area contributed by atoms with E-state index in [1.807, 2.05) is 37.3 Å². The van der Waals surface area contributed by atoms with Crippen LogP contribution in [0, 0.1) is 6.92 Å². The molecule has 21 heavy (non-hydrogen) atoms. The average molecular weight is 320 g/mol. The van der Waals surface area contributed by atoms with E-state index in [9.17, 15) is 4.79 Å². The molecule has 0 fully saturated rings. The predicted molar refractivity (Wildman–Crippen MR) is 92.0 cm³/mol. The molecule has 0 atom stereocenters. The molecule has 2 nitrogen and oxygen atoms in total. The van der Waals surface area contributed by atoms with Crippen molar-refractivity contribution in [3.8, 4) is 0 Å². The van der Waals surface area contributed by atoms with Crippen molar-refractivity contribution in [3.63, 3.8) is 0 Å². The fourth-order valence-electron chi connectivity index (χ4n) is 1.87. The van der Waals surface area contributed by atoms with E-state index in [2.05, 4.69) is 17.4 Å². The number of nitrogens with one attached hydrogen (secondary N) is 1. The van der Waals surface area contributed by atoms with Crippen LogP contribution in [0.3, 0.4) is 0 Å². The van der Waals surface area contributed by atoms with Crippen LogP contribution in [-0.4, -0.2) is 11.7 Å². The van der Waals surface area contributed by atoms with E-state index in [0.29, 0.717) is 11.4 Å². The number of carbonyl (C=O) groups is 1. The van der Waals surface area contributed by atoms with Gasteiger partial charge in [0.25, 0.3) is 0 Å². The molecule has 0 heterocycles. The molecule has 2 aromatic rings. The lowest BCUT2D eigenvalue weighted by molar-refractivity contribution is -0.115. The summed E-state index contributed by atoms with van der Waals surface area (Å²) < 4.78 is 0. The van der Waals surface area contributed by atoms with Crippen LogP contribution in [0.4, 0.5) is 5.69 Å². The van der Waals surface area contributed by atoms with Crippen LogP contribution in [0.25, 0.3) is 0 Å². The van der Waals surface area contributed by atoms with Crippen molar-refractivity contribution in [1.29, 1.82) is 0 Å². The summed E-state index contributed by atoms with van der Waals surface area (Å²) in [6.07, 6.45) is 0.503. The Balaban J connectivity index is 1.74. The molecule has 2 aromatic carbocycles. The number of aryl methyl sites for hydroxylation is 1. The molecule has 0 spiro atoms. The van der Waals surface area contributed by atoms with Gasteiger partial charge >= 0.3 is 0 Å². The van der Waals surface area contributed by atoms with Gasteiger partial charge in [-0.1, -0.05) is 48.0 Å². The van der Waals surface area contributed by atoms with Gasteiger partial charge in [0.1, 0.15) is 0 Å². The van der Waals surface area contributed by atoms with Crippen LogP contribution in [-0.2, 0) is 10.5 Å². The molecule has 0 unspecified atom stereocenters. The van der Waals surface area contributed by atoms with E-state index in [-0.39, 0.29) is 5.91 Å². The molecule has 0 saturated heterocycles. The zero-order valence-electron chi connectivity index (χ0n) is 11.9. The average Bonchev–Trinajstić information content (AvgIpc) is 2.48. The highest BCUT2D eigenvalue weighted by Gasteiger charge is 2.05. The number of carbonyl (C=O) groups excluding carboxylic acids is 1. The second-order valence-corrected chi connectivity index (χ2v) is 6.34. The fourth-order valence-corrected chi connectivity index (χ4v) is 2.95. The van der Waals surface area contributed by atoms with Crippen LogP contribution in [0.1, 0.15) is 17.5 Å². The Kier molecular flexibility index (Phi) is 6.15. The molecule has 0 saturated carbocycles. The molecule has 0 aliphatic heterocycles. The number of halogens is 1. The highest BCUT2D eigenvalue weighted by atomic mass is 35.5. The van der Waals surface area contributed by atoms with Gasteiger partial charge in [-0.05, 0) is 30.2 Å². The smallest absolute Gasteiger partial charge is 0.225 e. The SMILES string of the molecule is Cc1ccc(Cl)cc1NC(=O)CCSCc1ccccc1. The minimum Gasteiger partial charge on any atom is -0.326 e. The van der Waals surface area contributed by atoms with Gasteiger partial charge in [0.2, 0.25) is 5.91 Å². The molecule has 2 rings (SSSR count). The van der Waals surface area contributed by atoms with E-state index < -0.39 is 0 Å². The van der Waals surface area contributed by atoms with Gasteiger partial charge < -0.3 is 5.32 Å². The van der Waals surface area contributed by atoms with Crippen LogP contribution >= 0.6 is 23.4 Å². The summed E-state index contributed by atoms with van der Waals surface area (Å²) in [6.45, 7) is 1.95. The third-order valence-corrected chi connectivity index (χ3v) is 4.32. The van der Waals surface area contributed by atoms with Crippen molar-refractivity contribution >= 4 is 35.0 Å². The number of benzene rings is 2. The molecule has 0 radical (unpaired) electrons. The maximum absolute atomic E-state index is 11.9. The molecular weight excluding hydrogens is 302 g/mol. The van der Waals surface area contributed by atoms with Crippen LogP contribution < -0.4 is 5.32 Å². The molecule has 1 N–H and O–H groups in total. The molecule has 110 valence electrons. The van der Waals surface area contributed by atoms with Gasteiger partial charge in [-0.3, -0.25) is 4.79 Å². The number of anilines is 1. The van der Waals surface area contributed by atoms with Gasteiger partial charge in [-0.2, -0.15) is 11.8 Å². The third kappa shape index (κ3) is 5.44. The Bertz CT molecular complexity index is 601. The van der Waals surface area contributed by atoms with E-state index in [1.165, 1.54) is 5.56 Å². The normalized spacial score (nSPS) is 10.4. The predicted octanol–water partition coefficient (Wildman–Crippen LogP) is 4.91.